The number of rotatable bonds is 3. The number of hydrogen-bond donors (Lipinski definition) is 1. The Morgan fingerprint density at radius 2 is 2.50 bits per heavy atom. The normalized spacial score (nSPS) is 12.9. The summed E-state index contributed by atoms with van der Waals surface area (Å²) in [5, 5.41) is 13.1. The van der Waals surface area contributed by atoms with Crippen LogP contribution >= 0.6 is 11.3 Å². The topological polar surface area (TPSA) is 69.6 Å². The Balaban J connectivity index is 2.10. The van der Waals surface area contributed by atoms with Crippen molar-refractivity contribution in [3.8, 4) is 0 Å². The van der Waals surface area contributed by atoms with E-state index in [-0.39, 0.29) is 6.04 Å². The number of tetrazole rings is 1. The highest BCUT2D eigenvalue weighted by Crippen LogP contribution is 2.18. The SMILES string of the molecule is CC(Cc1cccs1)n1nnnc1N. The number of nitrogens with zero attached hydrogens (tertiary/aromatic N) is 4. The molecule has 0 bridgehead atoms. The van der Waals surface area contributed by atoms with Gasteiger partial charge in [0.05, 0.1) is 6.04 Å². The van der Waals surface area contributed by atoms with Crippen molar-refractivity contribution < 1.29 is 0 Å². The van der Waals surface area contributed by atoms with Gasteiger partial charge in [0.25, 0.3) is 0 Å². The Morgan fingerprint density at radius 3 is 3.07 bits per heavy atom. The van der Waals surface area contributed by atoms with Crippen LogP contribution in [0.4, 0.5) is 5.95 Å². The minimum absolute atomic E-state index is 0.198. The molecule has 74 valence electrons. The second kappa shape index (κ2) is 3.75. The quantitative estimate of drug-likeness (QED) is 0.822. The molecule has 6 heteroatoms. The van der Waals surface area contributed by atoms with Gasteiger partial charge in [-0.1, -0.05) is 11.2 Å². The molecule has 1 atom stereocenters. The Bertz CT molecular complexity index is 394. The van der Waals surface area contributed by atoms with Crippen LogP contribution in [-0.2, 0) is 6.42 Å². The molecular weight excluding hydrogens is 198 g/mol. The zero-order valence-electron chi connectivity index (χ0n) is 7.79. The van der Waals surface area contributed by atoms with Crippen LogP contribution in [0.1, 0.15) is 17.8 Å². The molecule has 0 fully saturated rings. The van der Waals surface area contributed by atoms with Gasteiger partial charge in [0, 0.05) is 11.3 Å². The Labute approximate surface area is 85.5 Å². The maximum Gasteiger partial charge on any atom is 0.240 e. The molecule has 2 rings (SSSR count). The fraction of sp³-hybridized carbons (Fsp3) is 0.375. The van der Waals surface area contributed by atoms with Crippen LogP contribution in [0.15, 0.2) is 17.5 Å². The summed E-state index contributed by atoms with van der Waals surface area (Å²) in [6.45, 7) is 2.05. The molecule has 2 N–H and O–H groups in total. The van der Waals surface area contributed by atoms with Gasteiger partial charge in [-0.15, -0.1) is 11.3 Å². The molecule has 0 spiro atoms. The van der Waals surface area contributed by atoms with Gasteiger partial charge in [-0.05, 0) is 28.8 Å². The maximum absolute atomic E-state index is 5.60. The average molecular weight is 209 g/mol. The number of nitrogen functional groups attached to an aromatic ring is 1. The fourth-order valence-corrected chi connectivity index (χ4v) is 2.15. The third-order valence-corrected chi connectivity index (χ3v) is 2.91. The third-order valence-electron chi connectivity index (χ3n) is 2.01. The molecule has 0 aliphatic heterocycles. The van der Waals surface area contributed by atoms with Crippen molar-refractivity contribution in [1.82, 2.24) is 20.2 Å². The van der Waals surface area contributed by atoms with E-state index in [1.807, 2.05) is 13.0 Å². The van der Waals surface area contributed by atoms with Gasteiger partial charge in [0.15, 0.2) is 0 Å². The van der Waals surface area contributed by atoms with Gasteiger partial charge in [0.1, 0.15) is 0 Å². The molecule has 0 radical (unpaired) electrons. The monoisotopic (exact) mass is 209 g/mol. The molecule has 2 heterocycles. The third kappa shape index (κ3) is 1.74. The zero-order chi connectivity index (χ0) is 9.97. The Kier molecular flexibility index (Phi) is 2.45. The van der Waals surface area contributed by atoms with Crippen molar-refractivity contribution in [3.63, 3.8) is 0 Å². The number of hydrogen-bond acceptors (Lipinski definition) is 5. The second-order valence-corrected chi connectivity index (χ2v) is 4.15. The summed E-state index contributed by atoms with van der Waals surface area (Å²) >= 11 is 1.73. The average Bonchev–Trinajstić information content (AvgIpc) is 2.75. The lowest BCUT2D eigenvalue weighted by Gasteiger charge is -2.09. The summed E-state index contributed by atoms with van der Waals surface area (Å²) in [7, 11) is 0. The fourth-order valence-electron chi connectivity index (χ4n) is 1.32. The lowest BCUT2D eigenvalue weighted by atomic mass is 10.2. The molecule has 2 aromatic rings. The highest BCUT2D eigenvalue weighted by Gasteiger charge is 2.11. The molecule has 1 unspecified atom stereocenters. The predicted molar refractivity (Wildman–Crippen MR) is 55.0 cm³/mol. The summed E-state index contributed by atoms with van der Waals surface area (Å²) in [5.41, 5.74) is 5.60. The zero-order valence-corrected chi connectivity index (χ0v) is 8.61. The molecule has 0 aliphatic carbocycles. The minimum Gasteiger partial charge on any atom is -0.367 e. The highest BCUT2D eigenvalue weighted by molar-refractivity contribution is 7.09. The molecule has 0 aliphatic rings. The van der Waals surface area contributed by atoms with Gasteiger partial charge >= 0.3 is 0 Å². The van der Waals surface area contributed by atoms with Crippen LogP contribution in [0.5, 0.6) is 0 Å². The van der Waals surface area contributed by atoms with Crippen LogP contribution in [-0.4, -0.2) is 20.2 Å². The van der Waals surface area contributed by atoms with Crippen molar-refractivity contribution in [2.24, 2.45) is 0 Å². The van der Waals surface area contributed by atoms with Crippen LogP contribution < -0.4 is 5.73 Å². The maximum atomic E-state index is 5.60. The molecule has 2 aromatic heterocycles. The number of thiophene rings is 1. The van der Waals surface area contributed by atoms with Crippen molar-refractivity contribution in [3.05, 3.63) is 22.4 Å². The van der Waals surface area contributed by atoms with Crippen molar-refractivity contribution in [2.45, 2.75) is 19.4 Å². The summed E-state index contributed by atoms with van der Waals surface area (Å²) in [6.07, 6.45) is 0.910. The van der Waals surface area contributed by atoms with E-state index in [0.29, 0.717) is 5.95 Å². The molecular formula is C8H11N5S. The van der Waals surface area contributed by atoms with E-state index in [4.69, 9.17) is 5.73 Å². The van der Waals surface area contributed by atoms with E-state index in [0.717, 1.165) is 6.42 Å². The minimum atomic E-state index is 0.198. The van der Waals surface area contributed by atoms with Gasteiger partial charge in [-0.25, -0.2) is 4.68 Å². The first-order chi connectivity index (χ1) is 6.77. The standard InChI is InChI=1S/C8H11N5S/c1-6(5-7-3-2-4-14-7)13-8(9)10-11-12-13/h2-4,6H,5H2,1H3,(H2,9,10,12). The van der Waals surface area contributed by atoms with Gasteiger partial charge in [-0.2, -0.15) is 0 Å². The molecule has 0 aromatic carbocycles. The molecule has 14 heavy (non-hydrogen) atoms. The predicted octanol–water partition coefficient (Wildman–Crippen LogP) is 1.12. The largest absolute Gasteiger partial charge is 0.367 e. The van der Waals surface area contributed by atoms with Crippen molar-refractivity contribution in [2.75, 3.05) is 5.73 Å². The Hall–Kier alpha value is -1.43. The van der Waals surface area contributed by atoms with E-state index >= 15 is 0 Å². The van der Waals surface area contributed by atoms with E-state index in [1.54, 1.807) is 16.0 Å². The van der Waals surface area contributed by atoms with Crippen LogP contribution in [0.25, 0.3) is 0 Å². The summed E-state index contributed by atoms with van der Waals surface area (Å²) in [4.78, 5) is 1.31. The summed E-state index contributed by atoms with van der Waals surface area (Å²) in [5.74, 6) is 0.369. The van der Waals surface area contributed by atoms with Crippen molar-refractivity contribution in [1.29, 1.82) is 0 Å². The van der Waals surface area contributed by atoms with E-state index in [2.05, 4.69) is 27.0 Å². The van der Waals surface area contributed by atoms with Gasteiger partial charge < -0.3 is 5.73 Å². The van der Waals surface area contributed by atoms with Crippen molar-refractivity contribution >= 4 is 17.3 Å². The first-order valence-corrected chi connectivity index (χ1v) is 5.21. The van der Waals surface area contributed by atoms with E-state index in [1.165, 1.54) is 4.88 Å². The summed E-state index contributed by atoms with van der Waals surface area (Å²) < 4.78 is 1.64. The Morgan fingerprint density at radius 1 is 1.64 bits per heavy atom. The number of anilines is 1. The first kappa shape index (κ1) is 9.14. The number of aromatic nitrogens is 4. The molecule has 0 saturated heterocycles. The highest BCUT2D eigenvalue weighted by atomic mass is 32.1. The van der Waals surface area contributed by atoms with Crippen LogP contribution in [0.3, 0.4) is 0 Å². The van der Waals surface area contributed by atoms with Crippen LogP contribution in [0.2, 0.25) is 0 Å². The molecule has 5 nitrogen and oxygen atoms in total. The van der Waals surface area contributed by atoms with E-state index in [9.17, 15) is 0 Å². The molecule has 0 saturated carbocycles. The second-order valence-electron chi connectivity index (χ2n) is 3.11. The lowest BCUT2D eigenvalue weighted by Crippen LogP contribution is -2.12. The summed E-state index contributed by atoms with van der Waals surface area (Å²) in [6, 6.07) is 4.33. The lowest BCUT2D eigenvalue weighted by molar-refractivity contribution is 0.483. The first-order valence-electron chi connectivity index (χ1n) is 4.33. The smallest absolute Gasteiger partial charge is 0.240 e. The van der Waals surface area contributed by atoms with Crippen LogP contribution in [0, 0.1) is 0 Å². The molecule has 0 amide bonds. The van der Waals surface area contributed by atoms with Gasteiger partial charge in [0.2, 0.25) is 5.95 Å². The number of nitrogens with two attached hydrogens (primary N) is 1. The van der Waals surface area contributed by atoms with Gasteiger partial charge in [-0.3, -0.25) is 0 Å². The van der Waals surface area contributed by atoms with E-state index < -0.39 is 0 Å².